The van der Waals surface area contributed by atoms with Gasteiger partial charge in [0.15, 0.2) is 0 Å². The van der Waals surface area contributed by atoms with Gasteiger partial charge in [0.2, 0.25) is 0 Å². The van der Waals surface area contributed by atoms with Crippen LogP contribution in [0.4, 0.5) is 16.2 Å². The summed E-state index contributed by atoms with van der Waals surface area (Å²) in [7, 11) is 0. The van der Waals surface area contributed by atoms with Gasteiger partial charge < -0.3 is 45.2 Å². The number of ether oxygens (including phenoxy) is 5. The third-order valence-corrected chi connectivity index (χ3v) is 3.72. The van der Waals surface area contributed by atoms with Crippen molar-refractivity contribution in [3.63, 3.8) is 0 Å². The average molecular weight is 450 g/mol. The first kappa shape index (κ1) is 26.2. The van der Waals surface area contributed by atoms with E-state index in [0.29, 0.717) is 83.3 Å². The van der Waals surface area contributed by atoms with Crippen molar-refractivity contribution >= 4 is 29.1 Å². The molecule has 0 aliphatic carbocycles. The second-order valence-electron chi connectivity index (χ2n) is 5.99. The number of anilines is 2. The van der Waals surface area contributed by atoms with Crippen molar-refractivity contribution in [3.05, 3.63) is 23.2 Å². The molecule has 1 amide bonds. The van der Waals surface area contributed by atoms with Gasteiger partial charge in [0.25, 0.3) is 0 Å². The number of carbonyl (C=O) groups is 1. The molecule has 0 radical (unpaired) electrons. The van der Waals surface area contributed by atoms with Crippen LogP contribution in [0, 0.1) is 0 Å². The fourth-order valence-electron chi connectivity index (χ4n) is 2.19. The Balaban J connectivity index is 1.75. The Morgan fingerprint density at radius 3 is 1.73 bits per heavy atom. The van der Waals surface area contributed by atoms with Crippen molar-refractivity contribution in [3.8, 4) is 0 Å². The van der Waals surface area contributed by atoms with E-state index in [1.807, 2.05) is 12.1 Å². The van der Waals surface area contributed by atoms with E-state index in [2.05, 4.69) is 10.6 Å². The number of amides is 1. The van der Waals surface area contributed by atoms with Crippen molar-refractivity contribution in [1.29, 1.82) is 0 Å². The van der Waals surface area contributed by atoms with E-state index in [1.54, 1.807) is 6.07 Å². The number of benzene rings is 1. The Hall–Kier alpha value is -1.82. The van der Waals surface area contributed by atoms with Crippen LogP contribution in [0.2, 0.25) is 5.02 Å². The molecule has 5 N–H and O–H groups in total. The molecule has 0 aromatic heterocycles. The highest BCUT2D eigenvalue weighted by Crippen LogP contribution is 2.19. The van der Waals surface area contributed by atoms with E-state index < -0.39 is 6.09 Å². The molecule has 11 heteroatoms. The second-order valence-corrected chi connectivity index (χ2v) is 6.43. The van der Waals surface area contributed by atoms with Gasteiger partial charge in [0, 0.05) is 29.5 Å². The molecule has 0 heterocycles. The highest BCUT2D eigenvalue weighted by molar-refractivity contribution is 6.31. The number of nitrogen functional groups attached to an aromatic ring is 1. The minimum Gasteiger partial charge on any atom is -0.465 e. The average Bonchev–Trinajstić information content (AvgIpc) is 2.68. The zero-order chi connectivity index (χ0) is 21.9. The van der Waals surface area contributed by atoms with Gasteiger partial charge in [0.05, 0.1) is 66.1 Å². The molecule has 0 saturated heterocycles. The van der Waals surface area contributed by atoms with Crippen LogP contribution in [0.25, 0.3) is 0 Å². The van der Waals surface area contributed by atoms with Crippen LogP contribution in [0.3, 0.4) is 0 Å². The second kappa shape index (κ2) is 18.0. The SMILES string of the molecule is Nc1cc(Cl)cc(NCCOCCOCCOCCOCCOCCNC(=O)O)c1. The quantitative estimate of drug-likeness (QED) is 0.184. The minimum absolute atomic E-state index is 0.263. The van der Waals surface area contributed by atoms with Crippen LogP contribution in [0.5, 0.6) is 0 Å². The van der Waals surface area contributed by atoms with Gasteiger partial charge in [-0.25, -0.2) is 4.79 Å². The fraction of sp³-hybridized carbons (Fsp3) is 0.632. The van der Waals surface area contributed by atoms with Crippen molar-refractivity contribution in [2.45, 2.75) is 0 Å². The van der Waals surface area contributed by atoms with E-state index in [0.717, 1.165) is 5.69 Å². The van der Waals surface area contributed by atoms with Gasteiger partial charge in [-0.05, 0) is 18.2 Å². The lowest BCUT2D eigenvalue weighted by atomic mass is 10.3. The van der Waals surface area contributed by atoms with Crippen molar-refractivity contribution in [1.82, 2.24) is 5.32 Å². The summed E-state index contributed by atoms with van der Waals surface area (Å²) >= 11 is 5.94. The third kappa shape index (κ3) is 16.0. The highest BCUT2D eigenvalue weighted by atomic mass is 35.5. The largest absolute Gasteiger partial charge is 0.465 e. The number of hydrogen-bond acceptors (Lipinski definition) is 8. The molecule has 0 unspecified atom stereocenters. The first-order valence-electron chi connectivity index (χ1n) is 9.73. The first-order valence-corrected chi connectivity index (χ1v) is 10.1. The smallest absolute Gasteiger partial charge is 0.404 e. The zero-order valence-corrected chi connectivity index (χ0v) is 17.8. The van der Waals surface area contributed by atoms with Crippen LogP contribution in [-0.4, -0.2) is 90.4 Å². The summed E-state index contributed by atoms with van der Waals surface area (Å²) in [5.41, 5.74) is 7.20. The molecule has 10 nitrogen and oxygen atoms in total. The molecule has 1 aromatic carbocycles. The van der Waals surface area contributed by atoms with Gasteiger partial charge in [-0.1, -0.05) is 11.6 Å². The minimum atomic E-state index is -1.06. The summed E-state index contributed by atoms with van der Waals surface area (Å²) in [6.45, 7) is 5.53. The Morgan fingerprint density at radius 2 is 1.27 bits per heavy atom. The van der Waals surface area contributed by atoms with E-state index in [-0.39, 0.29) is 6.54 Å². The maximum atomic E-state index is 10.2. The van der Waals surface area contributed by atoms with Crippen LogP contribution in [-0.2, 0) is 23.7 Å². The molecule has 0 atom stereocenters. The molecule has 0 saturated carbocycles. The lowest BCUT2D eigenvalue weighted by molar-refractivity contribution is -0.0101. The number of nitrogens with two attached hydrogens (primary N) is 1. The maximum absolute atomic E-state index is 10.2. The first-order chi connectivity index (χ1) is 14.6. The topological polar surface area (TPSA) is 134 Å². The summed E-state index contributed by atoms with van der Waals surface area (Å²) in [6.07, 6.45) is -1.06. The Bertz CT molecular complexity index is 561. The van der Waals surface area contributed by atoms with Crippen molar-refractivity contribution in [2.75, 3.05) is 90.2 Å². The van der Waals surface area contributed by atoms with Crippen molar-refractivity contribution in [2.24, 2.45) is 0 Å². The fourth-order valence-corrected chi connectivity index (χ4v) is 2.44. The Kier molecular flexibility index (Phi) is 15.7. The molecule has 30 heavy (non-hydrogen) atoms. The molecule has 1 rings (SSSR count). The molecule has 0 bridgehead atoms. The predicted molar refractivity (Wildman–Crippen MR) is 114 cm³/mol. The van der Waals surface area contributed by atoms with Crippen molar-refractivity contribution < 1.29 is 33.6 Å². The standard InChI is InChI=1S/C19H32ClN3O7/c20-16-13-17(21)15-18(14-16)22-1-3-26-5-7-28-9-11-30-12-10-29-8-6-27-4-2-23-19(24)25/h13-15,22-23H,1-12,21H2,(H,24,25). The molecule has 0 fully saturated rings. The van der Waals surface area contributed by atoms with E-state index in [1.165, 1.54) is 0 Å². The third-order valence-electron chi connectivity index (χ3n) is 3.51. The lowest BCUT2D eigenvalue weighted by Gasteiger charge is -2.09. The van der Waals surface area contributed by atoms with Crippen LogP contribution < -0.4 is 16.4 Å². The Morgan fingerprint density at radius 1 is 0.800 bits per heavy atom. The van der Waals surface area contributed by atoms with E-state index >= 15 is 0 Å². The summed E-state index contributed by atoms with van der Waals surface area (Å²) in [4.78, 5) is 10.2. The van der Waals surface area contributed by atoms with Gasteiger partial charge in [-0.3, -0.25) is 0 Å². The molecule has 0 aliphatic heterocycles. The van der Waals surface area contributed by atoms with E-state index in [9.17, 15) is 4.79 Å². The summed E-state index contributed by atoms with van der Waals surface area (Å²) in [5.74, 6) is 0. The molecule has 172 valence electrons. The van der Waals surface area contributed by atoms with Gasteiger partial charge in [-0.15, -0.1) is 0 Å². The van der Waals surface area contributed by atoms with E-state index in [4.69, 9.17) is 46.1 Å². The molecule has 0 spiro atoms. The van der Waals surface area contributed by atoms with Crippen LogP contribution in [0.1, 0.15) is 0 Å². The number of rotatable bonds is 19. The van der Waals surface area contributed by atoms with Crippen LogP contribution >= 0.6 is 11.6 Å². The highest BCUT2D eigenvalue weighted by Gasteiger charge is 1.98. The van der Waals surface area contributed by atoms with Gasteiger partial charge in [-0.2, -0.15) is 0 Å². The number of halogens is 1. The summed E-state index contributed by atoms with van der Waals surface area (Å²) in [5, 5.41) is 14.4. The summed E-state index contributed by atoms with van der Waals surface area (Å²) < 4.78 is 26.8. The number of hydrogen-bond donors (Lipinski definition) is 4. The normalized spacial score (nSPS) is 10.8. The Labute approximate surface area is 181 Å². The monoisotopic (exact) mass is 449 g/mol. The zero-order valence-electron chi connectivity index (χ0n) is 17.1. The summed E-state index contributed by atoms with van der Waals surface area (Å²) in [6, 6.07) is 5.32. The molecule has 1 aromatic rings. The molecule has 0 aliphatic rings. The van der Waals surface area contributed by atoms with Crippen LogP contribution in [0.15, 0.2) is 18.2 Å². The number of carboxylic acid groups (broad SMARTS) is 1. The number of nitrogens with one attached hydrogen (secondary N) is 2. The predicted octanol–water partition coefficient (Wildman–Crippen LogP) is 1.68. The van der Waals surface area contributed by atoms with Gasteiger partial charge in [0.1, 0.15) is 0 Å². The maximum Gasteiger partial charge on any atom is 0.404 e. The lowest BCUT2D eigenvalue weighted by Crippen LogP contribution is -2.25. The molecular weight excluding hydrogens is 418 g/mol. The van der Waals surface area contributed by atoms with Gasteiger partial charge >= 0.3 is 6.09 Å². The molecular formula is C19H32ClN3O7.